The van der Waals surface area contributed by atoms with E-state index in [1.165, 1.54) is 20.8 Å². The summed E-state index contributed by atoms with van der Waals surface area (Å²) in [6.45, 7) is 11.0. The van der Waals surface area contributed by atoms with Crippen molar-refractivity contribution in [3.8, 4) is 0 Å². The molecule has 0 heterocycles. The van der Waals surface area contributed by atoms with Gasteiger partial charge in [0.05, 0.1) is 6.54 Å². The van der Waals surface area contributed by atoms with Gasteiger partial charge in [0.1, 0.15) is 30.2 Å². The van der Waals surface area contributed by atoms with Crippen molar-refractivity contribution in [1.82, 2.24) is 26.6 Å². The Kier molecular flexibility index (Phi) is 13.5. The van der Waals surface area contributed by atoms with Crippen LogP contribution < -0.4 is 32.3 Å². The SMILES string of the molecule is CC(C)C[C@H](NC(=O)[C@H](C)NC(=O)[C@@H](NC(=O)[C@H](C)NC(=O)[C@H](C)NC(=O)CN)C(C)C)C(=O)O. The number of hydrogen-bond acceptors (Lipinski definition) is 7. The van der Waals surface area contributed by atoms with E-state index in [1.54, 1.807) is 13.8 Å². The van der Waals surface area contributed by atoms with Gasteiger partial charge in [0.2, 0.25) is 29.5 Å². The van der Waals surface area contributed by atoms with Gasteiger partial charge < -0.3 is 37.4 Å². The third-order valence-electron chi connectivity index (χ3n) is 5.03. The molecule has 5 amide bonds. The Morgan fingerprint density at radius 2 is 1.09 bits per heavy atom. The lowest BCUT2D eigenvalue weighted by molar-refractivity contribution is -0.142. The molecule has 200 valence electrons. The largest absolute Gasteiger partial charge is 0.480 e. The molecule has 13 heteroatoms. The third-order valence-corrected chi connectivity index (χ3v) is 5.03. The molecule has 0 aromatic heterocycles. The van der Waals surface area contributed by atoms with Crippen LogP contribution in [0.25, 0.3) is 0 Å². The van der Waals surface area contributed by atoms with Crippen LogP contribution >= 0.6 is 0 Å². The first-order chi connectivity index (χ1) is 16.1. The van der Waals surface area contributed by atoms with Gasteiger partial charge >= 0.3 is 5.97 Å². The molecule has 0 aliphatic rings. The molecule has 0 aromatic rings. The van der Waals surface area contributed by atoms with Crippen molar-refractivity contribution in [2.24, 2.45) is 17.6 Å². The van der Waals surface area contributed by atoms with Crippen molar-refractivity contribution in [1.29, 1.82) is 0 Å². The van der Waals surface area contributed by atoms with E-state index < -0.39 is 65.7 Å². The quantitative estimate of drug-likeness (QED) is 0.145. The first-order valence-corrected chi connectivity index (χ1v) is 11.5. The third kappa shape index (κ3) is 11.7. The predicted octanol–water partition coefficient (Wildman–Crippen LogP) is -1.78. The second kappa shape index (κ2) is 14.9. The molecule has 0 saturated carbocycles. The number of amides is 5. The molecule has 0 aromatic carbocycles. The van der Waals surface area contributed by atoms with Crippen LogP contribution in [-0.2, 0) is 28.8 Å². The standard InChI is InChI=1S/C22H40N6O7/c1-10(2)8-15(22(34)35)27-19(31)13(6)26-21(33)17(11(3)4)28-20(32)14(7)25-18(30)12(5)24-16(29)9-23/h10-15,17H,8-9,23H2,1-7H3,(H,24,29)(H,25,30)(H,26,33)(H,27,31)(H,28,32)(H,34,35)/t12-,13-,14-,15-,17-/m0/s1. The van der Waals surface area contributed by atoms with Crippen molar-refractivity contribution in [2.45, 2.75) is 85.1 Å². The number of nitrogens with two attached hydrogens (primary N) is 1. The highest BCUT2D eigenvalue weighted by atomic mass is 16.4. The number of carbonyl (C=O) groups is 6. The lowest BCUT2D eigenvalue weighted by atomic mass is 10.0. The van der Waals surface area contributed by atoms with Gasteiger partial charge in [0.15, 0.2) is 0 Å². The Hall–Kier alpha value is -3.22. The van der Waals surface area contributed by atoms with Gasteiger partial charge in [-0.25, -0.2) is 4.79 Å². The molecule has 13 nitrogen and oxygen atoms in total. The molecule has 35 heavy (non-hydrogen) atoms. The molecular weight excluding hydrogens is 460 g/mol. The smallest absolute Gasteiger partial charge is 0.326 e. The summed E-state index contributed by atoms with van der Waals surface area (Å²) in [5.74, 6) is -4.62. The van der Waals surface area contributed by atoms with Gasteiger partial charge in [-0.1, -0.05) is 27.7 Å². The number of aliphatic carboxylic acids is 1. The first kappa shape index (κ1) is 31.8. The van der Waals surface area contributed by atoms with E-state index in [-0.39, 0.29) is 24.8 Å². The van der Waals surface area contributed by atoms with Crippen LogP contribution in [0.5, 0.6) is 0 Å². The lowest BCUT2D eigenvalue weighted by Gasteiger charge is -2.26. The number of hydrogen-bond donors (Lipinski definition) is 7. The zero-order valence-electron chi connectivity index (χ0n) is 21.4. The van der Waals surface area contributed by atoms with E-state index in [0.717, 1.165) is 0 Å². The molecule has 0 aliphatic carbocycles. The summed E-state index contributed by atoms with van der Waals surface area (Å²) < 4.78 is 0. The van der Waals surface area contributed by atoms with Crippen molar-refractivity contribution in [3.05, 3.63) is 0 Å². The van der Waals surface area contributed by atoms with E-state index in [1.807, 2.05) is 13.8 Å². The van der Waals surface area contributed by atoms with Crippen LogP contribution in [0.3, 0.4) is 0 Å². The second-order valence-electron chi connectivity index (χ2n) is 9.21. The summed E-state index contributed by atoms with van der Waals surface area (Å²) in [5, 5.41) is 21.5. The minimum absolute atomic E-state index is 0.0317. The molecule has 0 unspecified atom stereocenters. The number of rotatable bonds is 14. The number of nitrogens with one attached hydrogen (secondary N) is 5. The second-order valence-corrected chi connectivity index (χ2v) is 9.21. The maximum atomic E-state index is 12.8. The van der Waals surface area contributed by atoms with Crippen molar-refractivity contribution in [3.63, 3.8) is 0 Å². The summed E-state index contributed by atoms with van der Waals surface area (Å²) in [6.07, 6.45) is 0.227. The fourth-order valence-corrected chi connectivity index (χ4v) is 2.94. The molecule has 0 spiro atoms. The number of carbonyl (C=O) groups excluding carboxylic acids is 5. The zero-order valence-corrected chi connectivity index (χ0v) is 21.4. The molecule has 0 fully saturated rings. The van der Waals surface area contributed by atoms with Gasteiger partial charge in [0, 0.05) is 0 Å². The van der Waals surface area contributed by atoms with Gasteiger partial charge in [-0.15, -0.1) is 0 Å². The minimum atomic E-state index is -1.18. The first-order valence-electron chi connectivity index (χ1n) is 11.5. The summed E-state index contributed by atoms with van der Waals surface area (Å²) in [6, 6.07) is -5.13. The normalized spacial score (nSPS) is 15.3. The highest BCUT2D eigenvalue weighted by Gasteiger charge is 2.30. The van der Waals surface area contributed by atoms with E-state index in [0.29, 0.717) is 0 Å². The van der Waals surface area contributed by atoms with E-state index in [4.69, 9.17) is 5.73 Å². The molecule has 5 atom stereocenters. The van der Waals surface area contributed by atoms with Gasteiger partial charge in [-0.05, 0) is 39.0 Å². The van der Waals surface area contributed by atoms with Crippen LogP contribution in [0.1, 0.15) is 54.9 Å². The van der Waals surface area contributed by atoms with Crippen LogP contribution in [-0.4, -0.2) is 77.4 Å². The molecule has 0 saturated heterocycles. The van der Waals surface area contributed by atoms with Gasteiger partial charge in [-0.2, -0.15) is 0 Å². The zero-order chi connectivity index (χ0) is 27.5. The molecular formula is C22H40N6O7. The molecule has 0 aliphatic heterocycles. The Labute approximate surface area is 205 Å². The van der Waals surface area contributed by atoms with Crippen LogP contribution in [0.2, 0.25) is 0 Å². The molecule has 0 bridgehead atoms. The van der Waals surface area contributed by atoms with E-state index in [9.17, 15) is 33.9 Å². The maximum absolute atomic E-state index is 12.8. The lowest BCUT2D eigenvalue weighted by Crippen LogP contribution is -2.59. The summed E-state index contributed by atoms with van der Waals surface area (Å²) >= 11 is 0. The monoisotopic (exact) mass is 500 g/mol. The van der Waals surface area contributed by atoms with Crippen LogP contribution in [0.15, 0.2) is 0 Å². The van der Waals surface area contributed by atoms with Gasteiger partial charge in [-0.3, -0.25) is 24.0 Å². The Morgan fingerprint density at radius 1 is 0.657 bits per heavy atom. The Bertz CT molecular complexity index is 786. The fourth-order valence-electron chi connectivity index (χ4n) is 2.94. The van der Waals surface area contributed by atoms with Crippen LogP contribution in [0, 0.1) is 11.8 Å². The van der Waals surface area contributed by atoms with Crippen molar-refractivity contribution < 1.29 is 33.9 Å². The number of carboxylic acid groups (broad SMARTS) is 1. The Balaban J connectivity index is 5.07. The highest BCUT2D eigenvalue weighted by molar-refractivity contribution is 5.95. The van der Waals surface area contributed by atoms with Gasteiger partial charge in [0.25, 0.3) is 0 Å². The molecule has 0 radical (unpaired) electrons. The van der Waals surface area contributed by atoms with E-state index >= 15 is 0 Å². The van der Waals surface area contributed by atoms with Crippen molar-refractivity contribution in [2.75, 3.05) is 6.54 Å². The molecule has 8 N–H and O–H groups in total. The summed E-state index contributed by atoms with van der Waals surface area (Å²) in [5.41, 5.74) is 5.19. The fraction of sp³-hybridized carbons (Fsp3) is 0.727. The summed E-state index contributed by atoms with van der Waals surface area (Å²) in [4.78, 5) is 72.6. The predicted molar refractivity (Wildman–Crippen MR) is 128 cm³/mol. The topological polar surface area (TPSA) is 209 Å². The average Bonchev–Trinajstić information content (AvgIpc) is 2.75. The Morgan fingerprint density at radius 3 is 1.51 bits per heavy atom. The highest BCUT2D eigenvalue weighted by Crippen LogP contribution is 2.06. The van der Waals surface area contributed by atoms with Crippen LogP contribution in [0.4, 0.5) is 0 Å². The summed E-state index contributed by atoms with van der Waals surface area (Å²) in [7, 11) is 0. The molecule has 0 rings (SSSR count). The van der Waals surface area contributed by atoms with Crippen molar-refractivity contribution >= 4 is 35.5 Å². The van der Waals surface area contributed by atoms with E-state index in [2.05, 4.69) is 26.6 Å². The minimum Gasteiger partial charge on any atom is -0.480 e. The average molecular weight is 501 g/mol. The maximum Gasteiger partial charge on any atom is 0.326 e. The number of carboxylic acids is 1.